The van der Waals surface area contributed by atoms with E-state index in [2.05, 4.69) is 15.2 Å². The first-order valence-electron chi connectivity index (χ1n) is 10.4. The molecule has 2 aliphatic heterocycles. The topological polar surface area (TPSA) is 57.2 Å². The van der Waals surface area contributed by atoms with E-state index < -0.39 is 11.6 Å². The lowest BCUT2D eigenvalue weighted by Gasteiger charge is -2.36. The van der Waals surface area contributed by atoms with Gasteiger partial charge >= 0.3 is 0 Å². The Labute approximate surface area is 194 Å². The highest BCUT2D eigenvalue weighted by molar-refractivity contribution is 14.0. The molecule has 2 heterocycles. The highest BCUT2D eigenvalue weighted by Gasteiger charge is 2.30. The first-order valence-corrected chi connectivity index (χ1v) is 10.4. The van der Waals surface area contributed by atoms with Crippen molar-refractivity contribution in [2.45, 2.75) is 26.2 Å². The SMILES string of the molecule is CCNC(=NCCc1cccc(F)c1F)N1CCC(C(=O)N2CCOCC2)CC1.I. The standard InChI is InChI=1S/C21H30F2N4O2.HI/c1-2-24-21(25-9-6-16-4-3-5-18(22)19(16)23)27-10-7-17(8-11-27)20(28)26-12-14-29-15-13-26;/h3-5,17H,2,6-15H2,1H3,(H,24,25);1H. The molecule has 0 radical (unpaired) electrons. The summed E-state index contributed by atoms with van der Waals surface area (Å²) in [4.78, 5) is 21.3. The van der Waals surface area contributed by atoms with Crippen molar-refractivity contribution >= 4 is 35.8 Å². The molecule has 0 saturated carbocycles. The first kappa shape index (κ1) is 24.8. The van der Waals surface area contributed by atoms with Gasteiger partial charge in [0.15, 0.2) is 17.6 Å². The van der Waals surface area contributed by atoms with Gasteiger partial charge in [-0.2, -0.15) is 0 Å². The second kappa shape index (κ2) is 12.4. The summed E-state index contributed by atoms with van der Waals surface area (Å²) in [6, 6.07) is 4.22. The van der Waals surface area contributed by atoms with E-state index in [9.17, 15) is 13.6 Å². The first-order chi connectivity index (χ1) is 14.1. The van der Waals surface area contributed by atoms with Gasteiger partial charge in [-0.1, -0.05) is 12.1 Å². The van der Waals surface area contributed by atoms with Crippen molar-refractivity contribution in [1.82, 2.24) is 15.1 Å². The van der Waals surface area contributed by atoms with Crippen LogP contribution in [0, 0.1) is 17.6 Å². The number of piperidine rings is 1. The molecule has 168 valence electrons. The molecule has 6 nitrogen and oxygen atoms in total. The molecule has 2 aliphatic rings. The number of nitrogens with one attached hydrogen (secondary N) is 1. The number of aliphatic imine (C=N–C) groups is 1. The zero-order chi connectivity index (χ0) is 20.6. The minimum absolute atomic E-state index is 0. The predicted molar refractivity (Wildman–Crippen MR) is 123 cm³/mol. The number of benzene rings is 1. The Kier molecular flexibility index (Phi) is 10.2. The van der Waals surface area contributed by atoms with Gasteiger partial charge in [0.2, 0.25) is 5.91 Å². The van der Waals surface area contributed by atoms with Crippen molar-refractivity contribution in [2.24, 2.45) is 10.9 Å². The molecule has 1 aromatic carbocycles. The van der Waals surface area contributed by atoms with E-state index in [1.165, 1.54) is 6.07 Å². The summed E-state index contributed by atoms with van der Waals surface area (Å²) in [6.45, 7) is 7.19. The maximum absolute atomic E-state index is 13.8. The van der Waals surface area contributed by atoms with Crippen LogP contribution in [0.2, 0.25) is 0 Å². The lowest BCUT2D eigenvalue weighted by molar-refractivity contribution is -0.140. The Morgan fingerprint density at radius 1 is 1.17 bits per heavy atom. The van der Waals surface area contributed by atoms with Gasteiger partial charge in [-0.15, -0.1) is 24.0 Å². The maximum Gasteiger partial charge on any atom is 0.225 e. The third kappa shape index (κ3) is 6.50. The third-order valence-corrected chi connectivity index (χ3v) is 5.48. The lowest BCUT2D eigenvalue weighted by Crippen LogP contribution is -2.50. The van der Waals surface area contributed by atoms with Gasteiger partial charge in [0.1, 0.15) is 0 Å². The average molecular weight is 536 g/mol. The van der Waals surface area contributed by atoms with Gasteiger partial charge in [0.25, 0.3) is 0 Å². The largest absolute Gasteiger partial charge is 0.378 e. The van der Waals surface area contributed by atoms with Crippen LogP contribution in [0.3, 0.4) is 0 Å². The quantitative estimate of drug-likeness (QED) is 0.358. The second-order valence-electron chi connectivity index (χ2n) is 7.40. The van der Waals surface area contributed by atoms with Crippen LogP contribution in [0.1, 0.15) is 25.3 Å². The van der Waals surface area contributed by atoms with Gasteiger partial charge in [-0.05, 0) is 37.8 Å². The van der Waals surface area contributed by atoms with E-state index in [1.807, 2.05) is 11.8 Å². The minimum Gasteiger partial charge on any atom is -0.378 e. The van der Waals surface area contributed by atoms with Crippen LogP contribution in [-0.2, 0) is 16.0 Å². The molecule has 0 bridgehead atoms. The number of carbonyl (C=O) groups is 1. The number of carbonyl (C=O) groups excluding carboxylic acids is 1. The summed E-state index contributed by atoms with van der Waals surface area (Å²) >= 11 is 0. The molecular weight excluding hydrogens is 505 g/mol. The van der Waals surface area contributed by atoms with Gasteiger partial charge in [0, 0.05) is 45.2 Å². The van der Waals surface area contributed by atoms with Gasteiger partial charge in [-0.25, -0.2) is 8.78 Å². The highest BCUT2D eigenvalue weighted by atomic mass is 127. The van der Waals surface area contributed by atoms with Crippen LogP contribution in [-0.4, -0.2) is 74.1 Å². The normalized spacial score (nSPS) is 18.2. The van der Waals surface area contributed by atoms with Crippen molar-refractivity contribution in [3.05, 3.63) is 35.4 Å². The Morgan fingerprint density at radius 2 is 1.87 bits per heavy atom. The molecule has 30 heavy (non-hydrogen) atoms. The van der Waals surface area contributed by atoms with Crippen molar-refractivity contribution in [1.29, 1.82) is 0 Å². The van der Waals surface area contributed by atoms with Crippen LogP contribution in [0.4, 0.5) is 8.78 Å². The average Bonchev–Trinajstić information content (AvgIpc) is 2.76. The molecule has 3 rings (SSSR count). The zero-order valence-electron chi connectivity index (χ0n) is 17.4. The molecule has 0 spiro atoms. The van der Waals surface area contributed by atoms with Gasteiger partial charge in [-0.3, -0.25) is 9.79 Å². The second-order valence-corrected chi connectivity index (χ2v) is 7.40. The molecule has 0 unspecified atom stereocenters. The number of rotatable bonds is 5. The van der Waals surface area contributed by atoms with E-state index in [1.54, 1.807) is 6.07 Å². The van der Waals surface area contributed by atoms with Crippen LogP contribution in [0.25, 0.3) is 0 Å². The Balaban J connectivity index is 0.00000320. The monoisotopic (exact) mass is 536 g/mol. The molecule has 0 aromatic heterocycles. The molecule has 1 aromatic rings. The maximum atomic E-state index is 13.8. The van der Waals surface area contributed by atoms with E-state index in [0.29, 0.717) is 44.8 Å². The number of amides is 1. The number of guanidine groups is 1. The van der Waals surface area contributed by atoms with Gasteiger partial charge < -0.3 is 19.9 Å². The van der Waals surface area contributed by atoms with E-state index in [0.717, 1.165) is 44.5 Å². The van der Waals surface area contributed by atoms with Crippen LogP contribution in [0.15, 0.2) is 23.2 Å². The number of likely N-dealkylation sites (tertiary alicyclic amines) is 1. The van der Waals surface area contributed by atoms with Crippen molar-refractivity contribution < 1.29 is 18.3 Å². The molecule has 1 N–H and O–H groups in total. The van der Waals surface area contributed by atoms with E-state index in [-0.39, 0.29) is 35.8 Å². The summed E-state index contributed by atoms with van der Waals surface area (Å²) in [6.07, 6.45) is 1.92. The summed E-state index contributed by atoms with van der Waals surface area (Å²) < 4.78 is 32.5. The summed E-state index contributed by atoms with van der Waals surface area (Å²) in [5.74, 6) is -0.577. The lowest BCUT2D eigenvalue weighted by atomic mass is 9.95. The van der Waals surface area contributed by atoms with Gasteiger partial charge in [0.05, 0.1) is 13.2 Å². The molecule has 1 amide bonds. The molecule has 0 atom stereocenters. The smallest absolute Gasteiger partial charge is 0.225 e. The fourth-order valence-electron chi connectivity index (χ4n) is 3.83. The molecule has 0 aliphatic carbocycles. The zero-order valence-corrected chi connectivity index (χ0v) is 19.7. The summed E-state index contributed by atoms with van der Waals surface area (Å²) in [5, 5.41) is 3.27. The molecule has 9 heteroatoms. The van der Waals surface area contributed by atoms with Crippen LogP contribution < -0.4 is 5.32 Å². The number of nitrogens with zero attached hydrogens (tertiary/aromatic N) is 3. The molecule has 2 saturated heterocycles. The number of hydrogen-bond donors (Lipinski definition) is 1. The fraction of sp³-hybridized carbons (Fsp3) is 0.619. The number of hydrogen-bond acceptors (Lipinski definition) is 3. The van der Waals surface area contributed by atoms with Crippen LogP contribution >= 0.6 is 24.0 Å². The summed E-state index contributed by atoms with van der Waals surface area (Å²) in [7, 11) is 0. The van der Waals surface area contributed by atoms with Crippen LogP contribution in [0.5, 0.6) is 0 Å². The highest BCUT2D eigenvalue weighted by Crippen LogP contribution is 2.20. The Bertz CT molecular complexity index is 721. The summed E-state index contributed by atoms with van der Waals surface area (Å²) in [5.41, 5.74) is 0.333. The number of ether oxygens (including phenoxy) is 1. The minimum atomic E-state index is -0.828. The Morgan fingerprint density at radius 3 is 2.53 bits per heavy atom. The van der Waals surface area contributed by atoms with E-state index >= 15 is 0 Å². The van der Waals surface area contributed by atoms with Crippen molar-refractivity contribution in [2.75, 3.05) is 52.5 Å². The van der Waals surface area contributed by atoms with E-state index in [4.69, 9.17) is 4.74 Å². The van der Waals surface area contributed by atoms with Crippen molar-refractivity contribution in [3.63, 3.8) is 0 Å². The Hall–Kier alpha value is -1.49. The number of morpholine rings is 1. The molecule has 2 fully saturated rings. The molecular formula is C21H31F2IN4O2. The number of halogens is 3. The van der Waals surface area contributed by atoms with Crippen molar-refractivity contribution in [3.8, 4) is 0 Å². The third-order valence-electron chi connectivity index (χ3n) is 5.48. The fourth-order valence-corrected chi connectivity index (χ4v) is 3.83. The predicted octanol–water partition coefficient (Wildman–Crippen LogP) is 2.66.